The third-order valence-corrected chi connectivity index (χ3v) is 3.03. The molecule has 1 aromatic carbocycles. The summed E-state index contributed by atoms with van der Waals surface area (Å²) < 4.78 is 6.67. The van der Waals surface area contributed by atoms with Gasteiger partial charge in [0.15, 0.2) is 0 Å². The van der Waals surface area contributed by atoms with E-state index in [2.05, 4.69) is 45.1 Å². The van der Waals surface area contributed by atoms with Crippen LogP contribution in [0, 0.1) is 5.92 Å². The van der Waals surface area contributed by atoms with Gasteiger partial charge in [0.1, 0.15) is 5.75 Å². The van der Waals surface area contributed by atoms with Crippen LogP contribution in [0.15, 0.2) is 41.1 Å². The fraction of sp³-hybridized carbons (Fsp3) is 0.333. The molecule has 4 nitrogen and oxygen atoms in total. The molecule has 0 radical (unpaired) electrons. The predicted octanol–water partition coefficient (Wildman–Crippen LogP) is 3.78. The number of hydrogen-bond donors (Lipinski definition) is 1. The van der Waals surface area contributed by atoms with E-state index in [1.54, 1.807) is 12.4 Å². The van der Waals surface area contributed by atoms with E-state index in [9.17, 15) is 0 Å². The van der Waals surface area contributed by atoms with Gasteiger partial charge in [-0.2, -0.15) is 0 Å². The Bertz CT molecular complexity index is 560. The topological polar surface area (TPSA) is 47.0 Å². The molecular formula is C15H18BrN3O. The second-order valence-electron chi connectivity index (χ2n) is 4.93. The lowest BCUT2D eigenvalue weighted by molar-refractivity contribution is 0.455. The number of nitrogens with one attached hydrogen (secondary N) is 1. The Balaban J connectivity index is 1.99. The van der Waals surface area contributed by atoms with Gasteiger partial charge in [0.2, 0.25) is 5.88 Å². The van der Waals surface area contributed by atoms with Crippen molar-refractivity contribution >= 4 is 15.9 Å². The molecule has 0 unspecified atom stereocenters. The first kappa shape index (κ1) is 14.9. The van der Waals surface area contributed by atoms with Gasteiger partial charge in [-0.25, -0.2) is 4.98 Å². The minimum atomic E-state index is 0.506. The molecule has 0 spiro atoms. The molecule has 1 heterocycles. The smallest absolute Gasteiger partial charge is 0.238 e. The molecule has 0 aliphatic rings. The molecule has 0 fully saturated rings. The molecule has 2 aromatic rings. The Hall–Kier alpha value is -1.46. The van der Waals surface area contributed by atoms with E-state index in [1.807, 2.05) is 24.3 Å². The van der Waals surface area contributed by atoms with Crippen molar-refractivity contribution in [3.05, 3.63) is 46.8 Å². The number of halogens is 1. The molecule has 20 heavy (non-hydrogen) atoms. The van der Waals surface area contributed by atoms with Gasteiger partial charge in [-0.05, 0) is 30.7 Å². The summed E-state index contributed by atoms with van der Waals surface area (Å²) in [4.78, 5) is 8.59. The standard InChI is InChI=1S/C15H18BrN3O/c1-11(2)7-17-8-13-9-18-10-15(19-13)20-14-5-3-4-12(16)6-14/h3-6,9-11,17H,7-8H2,1-2H3. The molecule has 1 aromatic heterocycles. The van der Waals surface area contributed by atoms with Crippen molar-refractivity contribution in [2.45, 2.75) is 20.4 Å². The van der Waals surface area contributed by atoms with Crippen LogP contribution in [0.2, 0.25) is 0 Å². The maximum Gasteiger partial charge on any atom is 0.238 e. The highest BCUT2D eigenvalue weighted by atomic mass is 79.9. The van der Waals surface area contributed by atoms with Gasteiger partial charge in [-0.15, -0.1) is 0 Å². The fourth-order valence-electron chi connectivity index (χ4n) is 1.66. The summed E-state index contributed by atoms with van der Waals surface area (Å²) in [6.45, 7) is 6.00. The van der Waals surface area contributed by atoms with Crippen molar-refractivity contribution in [3.63, 3.8) is 0 Å². The summed E-state index contributed by atoms with van der Waals surface area (Å²) in [7, 11) is 0. The molecule has 1 N–H and O–H groups in total. The van der Waals surface area contributed by atoms with E-state index < -0.39 is 0 Å². The van der Waals surface area contributed by atoms with Gasteiger partial charge in [0.25, 0.3) is 0 Å². The Kier molecular flexibility index (Phi) is 5.49. The molecule has 0 saturated carbocycles. The Morgan fingerprint density at radius 1 is 1.30 bits per heavy atom. The third-order valence-electron chi connectivity index (χ3n) is 2.54. The summed E-state index contributed by atoms with van der Waals surface area (Å²) >= 11 is 3.41. The lowest BCUT2D eigenvalue weighted by Crippen LogP contribution is -2.19. The predicted molar refractivity (Wildman–Crippen MR) is 82.8 cm³/mol. The van der Waals surface area contributed by atoms with Crippen molar-refractivity contribution in [1.29, 1.82) is 0 Å². The average molecular weight is 336 g/mol. The SMILES string of the molecule is CC(C)CNCc1cncc(Oc2cccc(Br)c2)n1. The summed E-state index contributed by atoms with van der Waals surface area (Å²) in [5.41, 5.74) is 0.873. The monoisotopic (exact) mass is 335 g/mol. The largest absolute Gasteiger partial charge is 0.437 e. The number of aromatic nitrogens is 2. The van der Waals surface area contributed by atoms with Gasteiger partial charge in [0, 0.05) is 17.2 Å². The van der Waals surface area contributed by atoms with E-state index in [0.717, 1.165) is 22.5 Å². The van der Waals surface area contributed by atoms with Crippen molar-refractivity contribution < 1.29 is 4.74 Å². The molecule has 0 bridgehead atoms. The maximum absolute atomic E-state index is 5.70. The maximum atomic E-state index is 5.70. The molecular weight excluding hydrogens is 318 g/mol. The second kappa shape index (κ2) is 7.36. The highest BCUT2D eigenvalue weighted by Crippen LogP contribution is 2.22. The van der Waals surface area contributed by atoms with Crippen LogP contribution in [0.1, 0.15) is 19.5 Å². The van der Waals surface area contributed by atoms with Crippen molar-refractivity contribution in [2.24, 2.45) is 5.92 Å². The molecule has 5 heteroatoms. The fourth-order valence-corrected chi connectivity index (χ4v) is 2.04. The first-order chi connectivity index (χ1) is 9.63. The van der Waals surface area contributed by atoms with Crippen LogP contribution in [0.5, 0.6) is 11.6 Å². The van der Waals surface area contributed by atoms with Gasteiger partial charge in [-0.1, -0.05) is 35.8 Å². The van der Waals surface area contributed by atoms with E-state index in [1.165, 1.54) is 0 Å². The number of rotatable bonds is 6. The Morgan fingerprint density at radius 3 is 2.90 bits per heavy atom. The normalized spacial score (nSPS) is 10.8. The molecule has 2 rings (SSSR count). The second-order valence-corrected chi connectivity index (χ2v) is 5.85. The van der Waals surface area contributed by atoms with Gasteiger partial charge in [0.05, 0.1) is 11.9 Å². The van der Waals surface area contributed by atoms with Gasteiger partial charge >= 0.3 is 0 Å². The molecule has 0 atom stereocenters. The first-order valence-electron chi connectivity index (χ1n) is 6.58. The zero-order chi connectivity index (χ0) is 14.4. The van der Waals surface area contributed by atoms with E-state index >= 15 is 0 Å². The minimum Gasteiger partial charge on any atom is -0.437 e. The van der Waals surface area contributed by atoms with Gasteiger partial charge < -0.3 is 10.1 Å². The number of ether oxygens (including phenoxy) is 1. The van der Waals surface area contributed by atoms with E-state index in [-0.39, 0.29) is 0 Å². The van der Waals surface area contributed by atoms with Crippen LogP contribution in [0.4, 0.5) is 0 Å². The Morgan fingerprint density at radius 2 is 2.15 bits per heavy atom. The number of benzene rings is 1. The van der Waals surface area contributed by atoms with Crippen LogP contribution in [0.3, 0.4) is 0 Å². The quantitative estimate of drug-likeness (QED) is 0.872. The molecule has 0 amide bonds. The summed E-state index contributed by atoms with van der Waals surface area (Å²) in [5, 5.41) is 3.34. The van der Waals surface area contributed by atoms with Crippen LogP contribution >= 0.6 is 15.9 Å². The Labute approximate surface area is 127 Å². The van der Waals surface area contributed by atoms with E-state index in [4.69, 9.17) is 4.74 Å². The average Bonchev–Trinajstić information content (AvgIpc) is 2.39. The molecule has 0 saturated heterocycles. The summed E-state index contributed by atoms with van der Waals surface area (Å²) in [6.07, 6.45) is 3.37. The molecule has 0 aliphatic heterocycles. The lowest BCUT2D eigenvalue weighted by atomic mass is 10.2. The summed E-state index contributed by atoms with van der Waals surface area (Å²) in [6, 6.07) is 7.65. The first-order valence-corrected chi connectivity index (χ1v) is 7.38. The zero-order valence-corrected chi connectivity index (χ0v) is 13.2. The van der Waals surface area contributed by atoms with E-state index in [0.29, 0.717) is 18.3 Å². The summed E-state index contributed by atoms with van der Waals surface area (Å²) in [5.74, 6) is 1.86. The van der Waals surface area contributed by atoms with Crippen molar-refractivity contribution in [2.75, 3.05) is 6.54 Å². The van der Waals surface area contributed by atoms with Gasteiger partial charge in [-0.3, -0.25) is 4.98 Å². The lowest BCUT2D eigenvalue weighted by Gasteiger charge is -2.08. The van der Waals surface area contributed by atoms with Crippen LogP contribution in [-0.4, -0.2) is 16.5 Å². The highest BCUT2D eigenvalue weighted by molar-refractivity contribution is 9.10. The third kappa shape index (κ3) is 4.90. The highest BCUT2D eigenvalue weighted by Gasteiger charge is 2.03. The van der Waals surface area contributed by atoms with Crippen LogP contribution in [-0.2, 0) is 6.54 Å². The molecule has 0 aliphatic carbocycles. The minimum absolute atomic E-state index is 0.506. The zero-order valence-electron chi connectivity index (χ0n) is 11.6. The van der Waals surface area contributed by atoms with Crippen molar-refractivity contribution in [1.82, 2.24) is 15.3 Å². The van der Waals surface area contributed by atoms with Crippen LogP contribution in [0.25, 0.3) is 0 Å². The number of hydrogen-bond acceptors (Lipinski definition) is 4. The molecule has 106 valence electrons. The number of nitrogens with zero attached hydrogens (tertiary/aromatic N) is 2. The van der Waals surface area contributed by atoms with Crippen molar-refractivity contribution in [3.8, 4) is 11.6 Å². The van der Waals surface area contributed by atoms with Crippen LogP contribution < -0.4 is 10.1 Å².